The first kappa shape index (κ1) is 20.5. The van der Waals surface area contributed by atoms with Gasteiger partial charge in [0.15, 0.2) is 0 Å². The predicted molar refractivity (Wildman–Crippen MR) is 124 cm³/mol. The first-order valence-electron chi connectivity index (χ1n) is 9.75. The first-order chi connectivity index (χ1) is 14.6. The molecule has 0 radical (unpaired) electrons. The molecule has 4 rings (SSSR count). The number of hydrogen-bond donors (Lipinski definition) is 1. The van der Waals surface area contributed by atoms with Crippen LogP contribution in [0.25, 0.3) is 0 Å². The number of thioether (sulfide) groups is 1. The Balaban J connectivity index is 1.60. The number of carbonyl (C=O) groups is 2. The number of nitrogens with zero attached hydrogens (tertiary/aromatic N) is 1. The average molecular weight is 437 g/mol. The third-order valence-corrected chi connectivity index (χ3v) is 6.55. The third-order valence-electron chi connectivity index (χ3n) is 5.01. The topological polar surface area (TPSA) is 49.4 Å². The maximum Gasteiger partial charge on any atom is 0.257 e. The zero-order valence-corrected chi connectivity index (χ0v) is 18.0. The van der Waals surface area contributed by atoms with E-state index in [1.165, 1.54) is 5.56 Å². The third kappa shape index (κ3) is 4.23. The van der Waals surface area contributed by atoms with Gasteiger partial charge in [0, 0.05) is 11.4 Å². The van der Waals surface area contributed by atoms with Crippen LogP contribution in [0.2, 0.25) is 5.02 Å². The molecule has 1 aliphatic heterocycles. The van der Waals surface area contributed by atoms with Crippen LogP contribution in [0.5, 0.6) is 0 Å². The van der Waals surface area contributed by atoms with Crippen molar-refractivity contribution < 1.29 is 9.59 Å². The van der Waals surface area contributed by atoms with Gasteiger partial charge in [-0.05, 0) is 53.9 Å². The summed E-state index contributed by atoms with van der Waals surface area (Å²) in [4.78, 5) is 27.1. The molecular weight excluding hydrogens is 416 g/mol. The van der Waals surface area contributed by atoms with E-state index in [1.54, 1.807) is 36.0 Å². The first-order valence-corrected chi connectivity index (χ1v) is 11.2. The molecule has 3 aromatic rings. The van der Waals surface area contributed by atoms with Crippen molar-refractivity contribution in [2.24, 2.45) is 0 Å². The molecule has 3 aromatic carbocycles. The minimum atomic E-state index is -0.264. The van der Waals surface area contributed by atoms with Gasteiger partial charge in [-0.1, -0.05) is 54.9 Å². The zero-order valence-electron chi connectivity index (χ0n) is 16.5. The molecule has 0 spiro atoms. The number of halogens is 1. The van der Waals surface area contributed by atoms with Crippen molar-refractivity contribution in [1.29, 1.82) is 0 Å². The van der Waals surface area contributed by atoms with Crippen molar-refractivity contribution in [3.63, 3.8) is 0 Å². The predicted octanol–water partition coefficient (Wildman–Crippen LogP) is 5.93. The van der Waals surface area contributed by atoms with Crippen molar-refractivity contribution in [2.45, 2.75) is 18.7 Å². The number of benzene rings is 3. The fourth-order valence-corrected chi connectivity index (χ4v) is 4.88. The molecule has 1 saturated heterocycles. The summed E-state index contributed by atoms with van der Waals surface area (Å²) in [6, 6.07) is 22.7. The van der Waals surface area contributed by atoms with Crippen molar-refractivity contribution in [3.8, 4) is 0 Å². The fraction of sp³-hybridized carbons (Fsp3) is 0.167. The number of carbonyl (C=O) groups excluding carboxylic acids is 2. The Bertz CT molecular complexity index is 1100. The van der Waals surface area contributed by atoms with Gasteiger partial charge in [-0.25, -0.2) is 0 Å². The second-order valence-electron chi connectivity index (χ2n) is 7.01. The van der Waals surface area contributed by atoms with Crippen LogP contribution in [0.15, 0.2) is 72.8 Å². The van der Waals surface area contributed by atoms with Gasteiger partial charge in [0.2, 0.25) is 5.91 Å². The van der Waals surface area contributed by atoms with E-state index in [1.807, 2.05) is 41.3 Å². The average Bonchev–Trinajstić information content (AvgIpc) is 3.15. The lowest BCUT2D eigenvalue weighted by molar-refractivity contribution is -0.115. The Morgan fingerprint density at radius 2 is 1.90 bits per heavy atom. The van der Waals surface area contributed by atoms with Gasteiger partial charge in [-0.2, -0.15) is 0 Å². The second kappa shape index (κ2) is 8.94. The molecule has 0 saturated carbocycles. The Morgan fingerprint density at radius 1 is 1.10 bits per heavy atom. The van der Waals surface area contributed by atoms with E-state index in [9.17, 15) is 9.59 Å². The quantitative estimate of drug-likeness (QED) is 0.539. The van der Waals surface area contributed by atoms with Crippen LogP contribution in [-0.2, 0) is 11.2 Å². The molecule has 1 atom stereocenters. The largest absolute Gasteiger partial charge is 0.322 e. The molecule has 1 N–H and O–H groups in total. The van der Waals surface area contributed by atoms with E-state index in [0.29, 0.717) is 22.0 Å². The fourth-order valence-electron chi connectivity index (χ4n) is 3.49. The summed E-state index contributed by atoms with van der Waals surface area (Å²) in [6.45, 7) is 2.10. The zero-order chi connectivity index (χ0) is 21.1. The summed E-state index contributed by atoms with van der Waals surface area (Å²) >= 11 is 7.73. The highest BCUT2D eigenvalue weighted by atomic mass is 35.5. The van der Waals surface area contributed by atoms with Crippen molar-refractivity contribution in [3.05, 3.63) is 94.5 Å². The van der Waals surface area contributed by atoms with E-state index in [0.717, 1.165) is 17.7 Å². The molecule has 1 aliphatic rings. The molecule has 30 heavy (non-hydrogen) atoms. The number of hydrogen-bond acceptors (Lipinski definition) is 3. The lowest BCUT2D eigenvalue weighted by Gasteiger charge is -2.25. The van der Waals surface area contributed by atoms with Gasteiger partial charge >= 0.3 is 0 Å². The maximum atomic E-state index is 12.7. The molecule has 1 heterocycles. The van der Waals surface area contributed by atoms with Gasteiger partial charge in [-0.3, -0.25) is 14.5 Å². The smallest absolute Gasteiger partial charge is 0.257 e. The lowest BCUT2D eigenvalue weighted by atomic mass is 10.1. The second-order valence-corrected chi connectivity index (χ2v) is 8.49. The van der Waals surface area contributed by atoms with Crippen LogP contribution in [-0.4, -0.2) is 17.6 Å². The van der Waals surface area contributed by atoms with Crippen LogP contribution in [0.1, 0.15) is 33.8 Å². The Hall–Kier alpha value is -2.76. The number of rotatable bonds is 5. The molecule has 6 heteroatoms. The molecule has 0 aromatic heterocycles. The lowest BCUT2D eigenvalue weighted by Crippen LogP contribution is -2.28. The standard InChI is InChI=1S/C24H21ClN2O2S/c1-2-16-7-5-10-19(13-16)27-22(28)15-30-24(27)17-8-6-9-18(14-17)26-23(29)20-11-3-4-12-21(20)25/h3-14,24H,2,15H2,1H3,(H,26,29)/t24-/m0/s1. The Morgan fingerprint density at radius 3 is 2.70 bits per heavy atom. The van der Waals surface area contributed by atoms with Gasteiger partial charge in [0.1, 0.15) is 5.37 Å². The van der Waals surface area contributed by atoms with Gasteiger partial charge in [0.25, 0.3) is 5.91 Å². The summed E-state index contributed by atoms with van der Waals surface area (Å²) in [7, 11) is 0. The van der Waals surface area contributed by atoms with Crippen LogP contribution in [0.3, 0.4) is 0 Å². The Kier molecular flexibility index (Phi) is 6.11. The minimum Gasteiger partial charge on any atom is -0.322 e. The summed E-state index contributed by atoms with van der Waals surface area (Å²) < 4.78 is 0. The van der Waals surface area contributed by atoms with Gasteiger partial charge in [0.05, 0.1) is 16.3 Å². The van der Waals surface area contributed by atoms with Gasteiger partial charge in [-0.15, -0.1) is 11.8 Å². The van der Waals surface area contributed by atoms with Crippen LogP contribution >= 0.6 is 23.4 Å². The maximum absolute atomic E-state index is 12.7. The summed E-state index contributed by atoms with van der Waals surface area (Å²) in [5.41, 5.74) is 4.15. The van der Waals surface area contributed by atoms with Gasteiger partial charge < -0.3 is 5.32 Å². The van der Waals surface area contributed by atoms with E-state index in [2.05, 4.69) is 24.4 Å². The highest BCUT2D eigenvalue weighted by Crippen LogP contribution is 2.42. The molecule has 0 bridgehead atoms. The number of nitrogens with one attached hydrogen (secondary N) is 1. The van der Waals surface area contributed by atoms with Crippen molar-refractivity contribution >= 4 is 46.6 Å². The molecular formula is C24H21ClN2O2S. The number of aryl methyl sites for hydroxylation is 1. The van der Waals surface area contributed by atoms with Crippen LogP contribution < -0.4 is 10.2 Å². The molecule has 0 unspecified atom stereocenters. The number of anilines is 2. The van der Waals surface area contributed by atoms with E-state index >= 15 is 0 Å². The van der Waals surface area contributed by atoms with Crippen LogP contribution in [0.4, 0.5) is 11.4 Å². The summed E-state index contributed by atoms with van der Waals surface area (Å²) in [5, 5.41) is 3.18. The van der Waals surface area contributed by atoms with E-state index in [4.69, 9.17) is 11.6 Å². The van der Waals surface area contributed by atoms with Crippen molar-refractivity contribution in [1.82, 2.24) is 0 Å². The summed E-state index contributed by atoms with van der Waals surface area (Å²) in [5.74, 6) is 0.251. The minimum absolute atomic E-state index is 0.0868. The Labute approximate surface area is 185 Å². The summed E-state index contributed by atoms with van der Waals surface area (Å²) in [6.07, 6.45) is 0.914. The normalized spacial score (nSPS) is 16.0. The van der Waals surface area contributed by atoms with E-state index < -0.39 is 0 Å². The molecule has 1 fully saturated rings. The molecule has 4 nitrogen and oxygen atoms in total. The highest BCUT2D eigenvalue weighted by Gasteiger charge is 2.34. The van der Waals surface area contributed by atoms with Crippen LogP contribution in [0, 0.1) is 0 Å². The SMILES string of the molecule is CCc1cccc(N2C(=O)CS[C@H]2c2cccc(NC(=O)c3ccccc3Cl)c2)c1. The molecule has 152 valence electrons. The molecule has 2 amide bonds. The molecule has 0 aliphatic carbocycles. The van der Waals surface area contributed by atoms with E-state index in [-0.39, 0.29) is 17.2 Å². The number of amides is 2. The van der Waals surface area contributed by atoms with Crippen molar-refractivity contribution in [2.75, 3.05) is 16.0 Å². The highest BCUT2D eigenvalue weighted by molar-refractivity contribution is 8.00. The monoisotopic (exact) mass is 436 g/mol.